The molecule has 1 aliphatic rings. The summed E-state index contributed by atoms with van der Waals surface area (Å²) in [6.45, 7) is 2.37. The largest absolute Gasteiger partial charge is 0.481 e. The van der Waals surface area contributed by atoms with E-state index in [0.717, 1.165) is 10.0 Å². The van der Waals surface area contributed by atoms with Crippen LogP contribution in [0.25, 0.3) is 0 Å². The number of carboxylic acids is 1. The van der Waals surface area contributed by atoms with Gasteiger partial charge < -0.3 is 14.7 Å². The minimum absolute atomic E-state index is 0.158. The minimum Gasteiger partial charge on any atom is -0.481 e. The Hall–Kier alpha value is -2.34. The molecule has 1 unspecified atom stereocenters. The van der Waals surface area contributed by atoms with Crippen molar-refractivity contribution in [2.75, 3.05) is 6.54 Å². The lowest BCUT2D eigenvalue weighted by Crippen LogP contribution is -2.49. The number of halogens is 1. The highest BCUT2D eigenvalue weighted by Crippen LogP contribution is 2.39. The van der Waals surface area contributed by atoms with Crippen molar-refractivity contribution in [3.63, 3.8) is 0 Å². The number of carbonyl (C=O) groups is 2. The van der Waals surface area contributed by atoms with E-state index >= 15 is 0 Å². The van der Waals surface area contributed by atoms with Crippen molar-refractivity contribution in [1.29, 1.82) is 0 Å². The number of carboxylic acid groups (broad SMARTS) is 1. The summed E-state index contributed by atoms with van der Waals surface area (Å²) in [5, 5.41) is 9.35. The van der Waals surface area contributed by atoms with Crippen LogP contribution in [0.15, 0.2) is 59.1 Å². The Morgan fingerprint density at radius 2 is 1.88 bits per heavy atom. The highest BCUT2D eigenvalue weighted by molar-refractivity contribution is 9.10. The highest BCUT2D eigenvalue weighted by atomic mass is 79.9. The van der Waals surface area contributed by atoms with E-state index in [4.69, 9.17) is 4.74 Å². The van der Waals surface area contributed by atoms with Gasteiger partial charge in [0.1, 0.15) is 0 Å². The van der Waals surface area contributed by atoms with Gasteiger partial charge in [0.2, 0.25) is 0 Å². The van der Waals surface area contributed by atoms with Gasteiger partial charge in [-0.15, -0.1) is 0 Å². The third kappa shape index (κ3) is 3.75. The normalized spacial score (nSPS) is 21.2. The molecule has 1 amide bonds. The van der Waals surface area contributed by atoms with Gasteiger partial charge in [0, 0.05) is 17.4 Å². The van der Waals surface area contributed by atoms with Crippen molar-refractivity contribution in [3.05, 3.63) is 70.2 Å². The fourth-order valence-electron chi connectivity index (χ4n) is 3.36. The Balaban J connectivity index is 1.84. The van der Waals surface area contributed by atoms with E-state index in [1.165, 1.54) is 0 Å². The summed E-state index contributed by atoms with van der Waals surface area (Å²) in [6.07, 6.45) is -0.309. The van der Waals surface area contributed by atoms with Crippen LogP contribution >= 0.6 is 15.9 Å². The number of hydrogen-bond acceptors (Lipinski definition) is 3. The summed E-state index contributed by atoms with van der Waals surface area (Å²) in [7, 11) is 0. The van der Waals surface area contributed by atoms with Crippen LogP contribution in [0.1, 0.15) is 36.9 Å². The second kappa shape index (κ2) is 7.50. The summed E-state index contributed by atoms with van der Waals surface area (Å²) in [6, 6.07) is 16.7. The minimum atomic E-state index is -1.12. The molecular formula is C20H20BrNO4. The Kier molecular flexibility index (Phi) is 5.32. The molecule has 26 heavy (non-hydrogen) atoms. The molecule has 2 aromatic rings. The Morgan fingerprint density at radius 3 is 2.46 bits per heavy atom. The van der Waals surface area contributed by atoms with Gasteiger partial charge in [0.15, 0.2) is 5.60 Å². The zero-order valence-electron chi connectivity index (χ0n) is 14.4. The Morgan fingerprint density at radius 1 is 1.23 bits per heavy atom. The van der Waals surface area contributed by atoms with E-state index < -0.39 is 17.7 Å². The molecule has 0 radical (unpaired) electrons. The molecule has 0 spiro atoms. The monoisotopic (exact) mass is 417 g/mol. The van der Waals surface area contributed by atoms with Crippen molar-refractivity contribution < 1.29 is 19.4 Å². The first kappa shape index (κ1) is 18.5. The number of hydrogen-bond donors (Lipinski definition) is 1. The molecule has 0 aromatic heterocycles. The molecule has 0 saturated carbocycles. The summed E-state index contributed by atoms with van der Waals surface area (Å²) in [5.74, 6) is -0.990. The molecule has 0 aliphatic carbocycles. The van der Waals surface area contributed by atoms with E-state index in [1.54, 1.807) is 4.90 Å². The Bertz CT molecular complexity index is 793. The first-order valence-electron chi connectivity index (χ1n) is 8.44. The summed E-state index contributed by atoms with van der Waals surface area (Å²) in [4.78, 5) is 25.8. The van der Waals surface area contributed by atoms with Gasteiger partial charge in [-0.3, -0.25) is 4.79 Å². The molecular weight excluding hydrogens is 398 g/mol. The predicted molar refractivity (Wildman–Crippen MR) is 101 cm³/mol. The average Bonchev–Trinajstić information content (AvgIpc) is 2.62. The number of benzene rings is 2. The fraction of sp³-hybridized carbons (Fsp3) is 0.300. The van der Waals surface area contributed by atoms with Crippen molar-refractivity contribution in [3.8, 4) is 0 Å². The van der Waals surface area contributed by atoms with Gasteiger partial charge in [0.05, 0.1) is 12.5 Å². The van der Waals surface area contributed by atoms with Crippen LogP contribution in [-0.4, -0.2) is 28.6 Å². The summed E-state index contributed by atoms with van der Waals surface area (Å²) >= 11 is 3.41. The molecule has 1 aliphatic heterocycles. The smallest absolute Gasteiger partial charge is 0.411 e. The number of carbonyl (C=O) groups excluding carboxylic acids is 1. The van der Waals surface area contributed by atoms with Gasteiger partial charge in [-0.1, -0.05) is 58.4 Å². The summed E-state index contributed by atoms with van der Waals surface area (Å²) < 4.78 is 6.72. The molecule has 1 heterocycles. The zero-order valence-corrected chi connectivity index (χ0v) is 16.0. The van der Waals surface area contributed by atoms with Gasteiger partial charge in [-0.05, 0) is 30.2 Å². The van der Waals surface area contributed by atoms with Gasteiger partial charge in [0.25, 0.3) is 0 Å². The highest BCUT2D eigenvalue weighted by Gasteiger charge is 2.45. The van der Waals surface area contributed by atoms with Gasteiger partial charge >= 0.3 is 12.1 Å². The third-order valence-electron chi connectivity index (χ3n) is 4.83. The number of rotatable bonds is 5. The van der Waals surface area contributed by atoms with E-state index in [9.17, 15) is 14.7 Å². The molecule has 0 bridgehead atoms. The lowest BCUT2D eigenvalue weighted by Gasteiger charge is -2.42. The first-order valence-corrected chi connectivity index (χ1v) is 9.23. The standard InChI is InChI=1S/C20H20BrNO4/c1-14(15-7-9-17(21)10-8-15)22-12-11-20(13-18(23)24,26-19(22)25)16-5-3-2-4-6-16/h2-10,14H,11-13H2,1H3,(H,23,24)/t14-,20?/m0/s1. The number of cyclic esters (lactones) is 1. The predicted octanol–water partition coefficient (Wildman–Crippen LogP) is 4.72. The number of amides is 1. The van der Waals surface area contributed by atoms with Crippen LogP contribution in [0, 0.1) is 0 Å². The third-order valence-corrected chi connectivity index (χ3v) is 5.36. The lowest BCUT2D eigenvalue weighted by molar-refractivity contribution is -0.146. The number of nitrogens with zero attached hydrogens (tertiary/aromatic N) is 1. The van der Waals surface area contributed by atoms with Crippen LogP contribution in [-0.2, 0) is 15.1 Å². The maximum Gasteiger partial charge on any atom is 0.411 e. The van der Waals surface area contributed by atoms with Crippen molar-refractivity contribution in [1.82, 2.24) is 4.90 Å². The number of aliphatic carboxylic acids is 1. The maximum atomic E-state index is 12.7. The fourth-order valence-corrected chi connectivity index (χ4v) is 3.62. The van der Waals surface area contributed by atoms with E-state index in [1.807, 2.05) is 61.5 Å². The lowest BCUT2D eigenvalue weighted by atomic mass is 9.85. The second-order valence-corrected chi connectivity index (χ2v) is 7.39. The summed E-state index contributed by atoms with van der Waals surface area (Å²) in [5.41, 5.74) is 0.586. The average molecular weight is 418 g/mol. The molecule has 1 N–H and O–H groups in total. The quantitative estimate of drug-likeness (QED) is 0.763. The molecule has 1 saturated heterocycles. The second-order valence-electron chi connectivity index (χ2n) is 6.47. The van der Waals surface area contributed by atoms with Crippen molar-refractivity contribution >= 4 is 28.0 Å². The molecule has 136 valence electrons. The molecule has 3 rings (SSSR count). The van der Waals surface area contributed by atoms with Gasteiger partial charge in [-0.25, -0.2) is 4.79 Å². The van der Waals surface area contributed by atoms with E-state index in [-0.39, 0.29) is 12.5 Å². The first-order chi connectivity index (χ1) is 12.4. The molecule has 2 atom stereocenters. The van der Waals surface area contributed by atoms with Crippen LogP contribution in [0.5, 0.6) is 0 Å². The van der Waals surface area contributed by atoms with Crippen LogP contribution in [0.3, 0.4) is 0 Å². The molecule has 6 heteroatoms. The van der Waals surface area contributed by atoms with Crippen molar-refractivity contribution in [2.24, 2.45) is 0 Å². The maximum absolute atomic E-state index is 12.7. The molecule has 1 fully saturated rings. The molecule has 5 nitrogen and oxygen atoms in total. The number of ether oxygens (including phenoxy) is 1. The van der Waals surface area contributed by atoms with E-state index in [2.05, 4.69) is 15.9 Å². The Labute approximate surface area is 160 Å². The van der Waals surface area contributed by atoms with Crippen LogP contribution in [0.2, 0.25) is 0 Å². The topological polar surface area (TPSA) is 66.8 Å². The van der Waals surface area contributed by atoms with Crippen LogP contribution in [0.4, 0.5) is 4.79 Å². The van der Waals surface area contributed by atoms with Crippen molar-refractivity contribution in [2.45, 2.75) is 31.4 Å². The van der Waals surface area contributed by atoms with Crippen LogP contribution < -0.4 is 0 Å². The molecule has 2 aromatic carbocycles. The SMILES string of the molecule is C[C@@H](c1ccc(Br)cc1)N1CCC(CC(=O)O)(c2ccccc2)OC1=O. The zero-order chi connectivity index (χ0) is 18.7. The van der Waals surface area contributed by atoms with E-state index in [0.29, 0.717) is 18.5 Å². The van der Waals surface area contributed by atoms with Gasteiger partial charge in [-0.2, -0.15) is 0 Å².